The second kappa shape index (κ2) is 12.6. The maximum atomic E-state index is 14.2. The molecular formula is C28H33N5O5S. The predicted octanol–water partition coefficient (Wildman–Crippen LogP) is 4.07. The number of carbonyl (C=O) groups is 3. The molecule has 39 heavy (non-hydrogen) atoms. The first-order valence-electron chi connectivity index (χ1n) is 12.9. The molecule has 3 amide bonds. The zero-order valence-corrected chi connectivity index (χ0v) is 22.8. The highest BCUT2D eigenvalue weighted by Gasteiger charge is 2.37. The minimum Gasteiger partial charge on any atom is -0.497 e. The number of anilines is 2. The molecule has 1 unspecified atom stereocenters. The number of benzene rings is 2. The topological polar surface area (TPSA) is 150 Å². The van der Waals surface area contributed by atoms with Gasteiger partial charge in [0.15, 0.2) is 5.69 Å². The first kappa shape index (κ1) is 27.9. The molecule has 1 aliphatic carbocycles. The van der Waals surface area contributed by atoms with E-state index < -0.39 is 17.9 Å². The van der Waals surface area contributed by atoms with E-state index in [1.807, 2.05) is 6.92 Å². The number of carbonyl (C=O) groups excluding carboxylic acids is 3. The van der Waals surface area contributed by atoms with E-state index in [-0.39, 0.29) is 28.2 Å². The van der Waals surface area contributed by atoms with E-state index in [2.05, 4.69) is 9.69 Å². The fourth-order valence-corrected chi connectivity index (χ4v) is 5.47. The van der Waals surface area contributed by atoms with E-state index in [4.69, 9.17) is 20.9 Å². The second-order valence-corrected chi connectivity index (χ2v) is 10.0. The van der Waals surface area contributed by atoms with Gasteiger partial charge in [0.05, 0.1) is 19.4 Å². The minimum atomic E-state index is -1.05. The van der Waals surface area contributed by atoms with Gasteiger partial charge in [-0.2, -0.15) is 4.37 Å². The third kappa shape index (κ3) is 6.31. The quantitative estimate of drug-likeness (QED) is 0.344. The zero-order chi connectivity index (χ0) is 27.9. The van der Waals surface area contributed by atoms with Crippen LogP contribution in [-0.4, -0.2) is 41.9 Å². The summed E-state index contributed by atoms with van der Waals surface area (Å²) in [5, 5.41) is 3.17. The van der Waals surface area contributed by atoms with Crippen LogP contribution in [0.25, 0.3) is 0 Å². The molecule has 1 aromatic heterocycles. The van der Waals surface area contributed by atoms with Crippen molar-refractivity contribution < 1.29 is 23.9 Å². The number of nitrogens with zero attached hydrogens (tertiary/aromatic N) is 2. The van der Waals surface area contributed by atoms with Gasteiger partial charge in [-0.15, -0.1) is 0 Å². The van der Waals surface area contributed by atoms with Crippen molar-refractivity contribution in [1.29, 1.82) is 0 Å². The number of hydrogen-bond donors (Lipinski definition) is 3. The van der Waals surface area contributed by atoms with Crippen molar-refractivity contribution in [3.8, 4) is 11.5 Å². The summed E-state index contributed by atoms with van der Waals surface area (Å²) >= 11 is 0.769. The second-order valence-electron chi connectivity index (χ2n) is 9.26. The summed E-state index contributed by atoms with van der Waals surface area (Å²) in [6.45, 7) is 2.36. The van der Waals surface area contributed by atoms with Gasteiger partial charge in [-0.1, -0.05) is 31.4 Å². The Morgan fingerprint density at radius 3 is 2.26 bits per heavy atom. The Hall–Kier alpha value is -4.12. The summed E-state index contributed by atoms with van der Waals surface area (Å²) < 4.78 is 14.9. The smallest absolute Gasteiger partial charge is 0.273 e. The summed E-state index contributed by atoms with van der Waals surface area (Å²) in [6, 6.07) is 12.8. The molecule has 0 radical (unpaired) electrons. The van der Waals surface area contributed by atoms with Crippen molar-refractivity contribution in [2.24, 2.45) is 5.73 Å². The Bertz CT molecular complexity index is 1300. The van der Waals surface area contributed by atoms with Crippen molar-refractivity contribution in [2.75, 3.05) is 24.4 Å². The van der Waals surface area contributed by atoms with E-state index >= 15 is 0 Å². The van der Waals surface area contributed by atoms with E-state index in [1.165, 1.54) is 4.90 Å². The number of primary amides is 1. The van der Waals surface area contributed by atoms with E-state index in [1.54, 1.807) is 55.6 Å². The zero-order valence-electron chi connectivity index (χ0n) is 22.0. The van der Waals surface area contributed by atoms with Crippen molar-refractivity contribution >= 4 is 40.6 Å². The molecule has 3 aromatic rings. The van der Waals surface area contributed by atoms with Gasteiger partial charge in [-0.05, 0) is 73.3 Å². The van der Waals surface area contributed by atoms with Gasteiger partial charge in [0, 0.05) is 11.7 Å². The molecule has 1 saturated carbocycles. The Labute approximate surface area is 231 Å². The van der Waals surface area contributed by atoms with Gasteiger partial charge in [0.1, 0.15) is 22.4 Å². The number of aromatic nitrogens is 1. The number of nitrogen functional groups attached to an aromatic ring is 1. The van der Waals surface area contributed by atoms with Gasteiger partial charge in [0.25, 0.3) is 11.8 Å². The van der Waals surface area contributed by atoms with Crippen LogP contribution in [0, 0.1) is 0 Å². The first-order valence-corrected chi connectivity index (χ1v) is 13.7. The highest BCUT2D eigenvalue weighted by Crippen LogP contribution is 2.35. The third-order valence-electron chi connectivity index (χ3n) is 6.69. The fourth-order valence-electron chi connectivity index (χ4n) is 4.72. The lowest BCUT2D eigenvalue weighted by Crippen LogP contribution is -2.47. The molecule has 1 fully saturated rings. The highest BCUT2D eigenvalue weighted by atomic mass is 32.1. The van der Waals surface area contributed by atoms with E-state index in [9.17, 15) is 14.4 Å². The largest absolute Gasteiger partial charge is 0.497 e. The van der Waals surface area contributed by atoms with Crippen molar-refractivity contribution in [3.63, 3.8) is 0 Å². The third-order valence-corrected chi connectivity index (χ3v) is 7.54. The van der Waals surface area contributed by atoms with Gasteiger partial charge >= 0.3 is 0 Å². The standard InChI is InChI=1S/C28H33N5O5S/c1-3-38-21-15-11-19(12-16-21)33(28(36)25-22(29)23(26(30)34)32-39-25)24(17-9-13-20(37-2)14-10-17)27(35)31-18-7-5-4-6-8-18/h9-16,18,24H,3-8,29H2,1-2H3,(H2,30,34)(H,31,35). The van der Waals surface area contributed by atoms with Gasteiger partial charge in [0.2, 0.25) is 5.91 Å². The lowest BCUT2D eigenvalue weighted by Gasteiger charge is -2.33. The van der Waals surface area contributed by atoms with Crippen molar-refractivity contribution in [2.45, 2.75) is 51.1 Å². The van der Waals surface area contributed by atoms with Crippen LogP contribution in [0.3, 0.4) is 0 Å². The molecule has 11 heteroatoms. The first-order chi connectivity index (χ1) is 18.8. The van der Waals surface area contributed by atoms with Crippen LogP contribution in [0.15, 0.2) is 48.5 Å². The molecular weight excluding hydrogens is 518 g/mol. The molecule has 0 spiro atoms. The molecule has 2 aromatic carbocycles. The molecule has 0 bridgehead atoms. The molecule has 0 aliphatic heterocycles. The summed E-state index contributed by atoms with van der Waals surface area (Å²) in [4.78, 5) is 41.4. The molecule has 206 valence electrons. The maximum absolute atomic E-state index is 14.2. The summed E-state index contributed by atoms with van der Waals surface area (Å²) in [7, 11) is 1.56. The van der Waals surface area contributed by atoms with Crippen LogP contribution in [-0.2, 0) is 4.79 Å². The number of ether oxygens (including phenoxy) is 2. The predicted molar refractivity (Wildman–Crippen MR) is 150 cm³/mol. The molecule has 1 aliphatic rings. The van der Waals surface area contributed by atoms with E-state index in [0.29, 0.717) is 29.4 Å². The average molecular weight is 552 g/mol. The fraction of sp³-hybridized carbons (Fsp3) is 0.357. The summed E-state index contributed by atoms with van der Waals surface area (Å²) in [6.07, 6.45) is 4.96. The Kier molecular flexibility index (Phi) is 9.03. The molecule has 5 N–H and O–H groups in total. The lowest BCUT2D eigenvalue weighted by molar-refractivity contribution is -0.123. The molecule has 1 atom stereocenters. The van der Waals surface area contributed by atoms with Gasteiger partial charge < -0.3 is 26.3 Å². The lowest BCUT2D eigenvalue weighted by atomic mass is 9.94. The van der Waals surface area contributed by atoms with E-state index in [0.717, 1.165) is 43.6 Å². The monoisotopic (exact) mass is 551 g/mol. The van der Waals surface area contributed by atoms with Crippen LogP contribution in [0.1, 0.15) is 70.8 Å². The SMILES string of the molecule is CCOc1ccc(N(C(=O)c2snc(C(N)=O)c2N)C(C(=O)NC2CCCCC2)c2ccc(OC)cc2)cc1. The number of nitrogens with two attached hydrogens (primary N) is 2. The number of rotatable bonds is 10. The average Bonchev–Trinajstić information content (AvgIpc) is 3.34. The Morgan fingerprint density at radius 1 is 1.05 bits per heavy atom. The van der Waals surface area contributed by atoms with Crippen LogP contribution >= 0.6 is 11.5 Å². The van der Waals surface area contributed by atoms with Crippen LogP contribution < -0.4 is 31.2 Å². The van der Waals surface area contributed by atoms with Gasteiger partial charge in [-0.3, -0.25) is 19.3 Å². The number of hydrogen-bond acceptors (Lipinski definition) is 8. The Morgan fingerprint density at radius 2 is 1.69 bits per heavy atom. The van der Waals surface area contributed by atoms with Crippen molar-refractivity contribution in [3.05, 3.63) is 64.7 Å². The molecule has 4 rings (SSSR count). The summed E-state index contributed by atoms with van der Waals surface area (Å²) in [5.41, 5.74) is 12.3. The maximum Gasteiger partial charge on any atom is 0.273 e. The van der Waals surface area contributed by atoms with Crippen LogP contribution in [0.4, 0.5) is 11.4 Å². The van der Waals surface area contributed by atoms with Crippen LogP contribution in [0.2, 0.25) is 0 Å². The van der Waals surface area contributed by atoms with Crippen LogP contribution in [0.5, 0.6) is 11.5 Å². The number of methoxy groups -OCH3 is 1. The molecule has 1 heterocycles. The summed E-state index contributed by atoms with van der Waals surface area (Å²) in [5.74, 6) is -0.512. The number of amides is 3. The molecule has 0 saturated heterocycles. The highest BCUT2D eigenvalue weighted by molar-refractivity contribution is 7.09. The van der Waals surface area contributed by atoms with Gasteiger partial charge in [-0.25, -0.2) is 0 Å². The Balaban J connectivity index is 1.83. The normalized spacial score (nSPS) is 14.3. The number of nitrogens with one attached hydrogen (secondary N) is 1. The minimum absolute atomic E-state index is 0.0132. The molecule has 10 nitrogen and oxygen atoms in total. The van der Waals surface area contributed by atoms with Crippen molar-refractivity contribution in [1.82, 2.24) is 9.69 Å².